The second-order valence-corrected chi connectivity index (χ2v) is 12.7. The van der Waals surface area contributed by atoms with E-state index in [9.17, 15) is 9.59 Å². The first-order valence-corrected chi connectivity index (χ1v) is 16.0. The van der Waals surface area contributed by atoms with Crippen molar-refractivity contribution in [1.82, 2.24) is 19.4 Å². The van der Waals surface area contributed by atoms with Crippen LogP contribution in [0.1, 0.15) is 69.3 Å². The summed E-state index contributed by atoms with van der Waals surface area (Å²) in [6, 6.07) is 11.6. The predicted octanol–water partition coefficient (Wildman–Crippen LogP) is 5.12. The molecule has 2 N–H and O–H groups in total. The molecule has 0 saturated carbocycles. The minimum atomic E-state index is -0.331. The van der Waals surface area contributed by atoms with E-state index in [2.05, 4.69) is 53.9 Å². The fourth-order valence-corrected chi connectivity index (χ4v) is 5.61. The topological polar surface area (TPSA) is 101 Å². The van der Waals surface area contributed by atoms with Gasteiger partial charge in [-0.1, -0.05) is 25.5 Å². The van der Waals surface area contributed by atoms with Crippen LogP contribution in [0.25, 0.3) is 11.0 Å². The molecule has 0 atom stereocenters. The molecule has 10 heteroatoms. The number of methoxy groups -OCH3 is 1. The summed E-state index contributed by atoms with van der Waals surface area (Å²) in [5, 5.41) is 3.55. The molecule has 44 heavy (non-hydrogen) atoms. The van der Waals surface area contributed by atoms with Gasteiger partial charge in [-0.15, -0.1) is 0 Å². The molecule has 1 saturated heterocycles. The number of aromatic nitrogens is 2. The standard InChI is InChI=1S/C34H51N5O5/c1-6-7-19-44-28-23-29(36-34(2,3)4)31-30(24-28)39(33(41)35-31)16-10-15-38(14-9-13-37-17-20-43-21-18-37)25-26-11-8-12-27(22-26)32(40)42-5/h8,11-12,22-24,36H,6-7,9-10,13-21,25H2,1-5H3,(H,35,41). The molecule has 1 aliphatic rings. The van der Waals surface area contributed by atoms with Crippen LogP contribution >= 0.6 is 0 Å². The number of benzene rings is 2. The lowest BCUT2D eigenvalue weighted by Crippen LogP contribution is -2.38. The van der Waals surface area contributed by atoms with Crippen molar-refractivity contribution in [2.45, 2.75) is 72.0 Å². The van der Waals surface area contributed by atoms with E-state index in [1.54, 1.807) is 6.07 Å². The van der Waals surface area contributed by atoms with Crippen molar-refractivity contribution in [3.63, 3.8) is 0 Å². The van der Waals surface area contributed by atoms with Crippen LogP contribution in [-0.4, -0.2) is 90.5 Å². The number of aryl methyl sites for hydroxylation is 1. The Hall–Kier alpha value is -3.34. The second kappa shape index (κ2) is 16.1. The van der Waals surface area contributed by atoms with Gasteiger partial charge in [-0.05, 0) is 70.8 Å². The lowest BCUT2D eigenvalue weighted by atomic mass is 10.1. The third-order valence-corrected chi connectivity index (χ3v) is 7.80. The monoisotopic (exact) mass is 609 g/mol. The highest BCUT2D eigenvalue weighted by Crippen LogP contribution is 2.30. The van der Waals surface area contributed by atoms with Crippen molar-refractivity contribution in [2.24, 2.45) is 0 Å². The number of hydrogen-bond donors (Lipinski definition) is 2. The molecule has 1 aromatic heterocycles. The first-order valence-electron chi connectivity index (χ1n) is 16.0. The number of carbonyl (C=O) groups excluding carboxylic acids is 1. The van der Waals surface area contributed by atoms with Gasteiger partial charge in [-0.25, -0.2) is 9.59 Å². The highest BCUT2D eigenvalue weighted by atomic mass is 16.5. The average Bonchev–Trinajstić information content (AvgIpc) is 3.31. The molecular formula is C34H51N5O5. The first-order chi connectivity index (χ1) is 21.2. The quantitative estimate of drug-likeness (QED) is 0.171. The number of morpholine rings is 1. The Morgan fingerprint density at radius 3 is 2.52 bits per heavy atom. The van der Waals surface area contributed by atoms with E-state index in [1.807, 2.05) is 28.8 Å². The fourth-order valence-electron chi connectivity index (χ4n) is 5.61. The highest BCUT2D eigenvalue weighted by Gasteiger charge is 2.18. The number of unbranched alkanes of at least 4 members (excludes halogenated alkanes) is 1. The highest BCUT2D eigenvalue weighted by molar-refractivity contribution is 5.90. The van der Waals surface area contributed by atoms with Crippen molar-refractivity contribution < 1.29 is 19.0 Å². The van der Waals surface area contributed by atoms with E-state index >= 15 is 0 Å². The van der Waals surface area contributed by atoms with Gasteiger partial charge < -0.3 is 24.5 Å². The number of hydrogen-bond acceptors (Lipinski definition) is 8. The summed E-state index contributed by atoms with van der Waals surface area (Å²) in [4.78, 5) is 33.3. The van der Waals surface area contributed by atoms with E-state index in [0.29, 0.717) is 25.3 Å². The van der Waals surface area contributed by atoms with Crippen LogP contribution < -0.4 is 15.7 Å². The number of esters is 1. The maximum absolute atomic E-state index is 13.2. The predicted molar refractivity (Wildman–Crippen MR) is 176 cm³/mol. The Kier molecular flexibility index (Phi) is 12.3. The number of H-pyrrole nitrogens is 1. The zero-order valence-corrected chi connectivity index (χ0v) is 27.2. The van der Waals surface area contributed by atoms with Crippen molar-refractivity contribution in [2.75, 3.05) is 65.0 Å². The van der Waals surface area contributed by atoms with Crippen molar-refractivity contribution in [3.8, 4) is 5.75 Å². The van der Waals surface area contributed by atoms with E-state index in [0.717, 1.165) is 99.7 Å². The molecule has 0 unspecified atom stereocenters. The Bertz CT molecular complexity index is 1400. The van der Waals surface area contributed by atoms with Crippen molar-refractivity contribution >= 4 is 22.7 Å². The van der Waals surface area contributed by atoms with Crippen molar-refractivity contribution in [1.29, 1.82) is 0 Å². The molecule has 3 aromatic rings. The van der Waals surface area contributed by atoms with Gasteiger partial charge in [-0.3, -0.25) is 14.4 Å². The largest absolute Gasteiger partial charge is 0.493 e. The molecule has 10 nitrogen and oxygen atoms in total. The van der Waals surface area contributed by atoms with Gasteiger partial charge in [-0.2, -0.15) is 0 Å². The molecule has 0 spiro atoms. The number of nitrogens with one attached hydrogen (secondary N) is 2. The minimum Gasteiger partial charge on any atom is -0.493 e. The number of ether oxygens (including phenoxy) is 3. The maximum atomic E-state index is 13.2. The number of anilines is 1. The normalized spacial score (nSPS) is 14.3. The van der Waals surface area contributed by atoms with E-state index in [4.69, 9.17) is 14.2 Å². The van der Waals surface area contributed by atoms with Crippen LogP contribution in [-0.2, 0) is 22.6 Å². The van der Waals surface area contributed by atoms with Crippen LogP contribution in [0.2, 0.25) is 0 Å². The summed E-state index contributed by atoms with van der Waals surface area (Å²) in [6.45, 7) is 16.7. The fraction of sp³-hybridized carbons (Fsp3) is 0.588. The zero-order valence-electron chi connectivity index (χ0n) is 27.2. The Labute approximate surface area is 261 Å². The van der Waals surface area contributed by atoms with Gasteiger partial charge in [0, 0.05) is 50.4 Å². The van der Waals surface area contributed by atoms with Gasteiger partial charge in [0.15, 0.2) is 0 Å². The molecule has 242 valence electrons. The molecule has 0 bridgehead atoms. The van der Waals surface area contributed by atoms with E-state index < -0.39 is 0 Å². The minimum absolute atomic E-state index is 0.118. The molecule has 4 rings (SSSR count). The molecule has 1 fully saturated rings. The Morgan fingerprint density at radius 2 is 1.82 bits per heavy atom. The maximum Gasteiger partial charge on any atom is 0.337 e. The average molecular weight is 610 g/mol. The summed E-state index contributed by atoms with van der Waals surface area (Å²) in [7, 11) is 1.40. The second-order valence-electron chi connectivity index (χ2n) is 12.7. The van der Waals surface area contributed by atoms with Crippen molar-refractivity contribution in [3.05, 3.63) is 58.0 Å². The van der Waals surface area contributed by atoms with Gasteiger partial charge >= 0.3 is 11.7 Å². The van der Waals surface area contributed by atoms with Gasteiger partial charge in [0.1, 0.15) is 5.75 Å². The Morgan fingerprint density at radius 1 is 1.07 bits per heavy atom. The lowest BCUT2D eigenvalue weighted by Gasteiger charge is -2.28. The molecular weight excluding hydrogens is 558 g/mol. The Balaban J connectivity index is 1.50. The zero-order chi connectivity index (χ0) is 31.5. The third kappa shape index (κ3) is 9.84. The van der Waals surface area contributed by atoms with E-state index in [-0.39, 0.29) is 17.2 Å². The molecule has 2 aromatic carbocycles. The molecule has 2 heterocycles. The summed E-state index contributed by atoms with van der Waals surface area (Å²) in [5.74, 6) is 0.434. The summed E-state index contributed by atoms with van der Waals surface area (Å²) in [5.41, 5.74) is 3.84. The van der Waals surface area contributed by atoms with Crippen LogP contribution in [0, 0.1) is 0 Å². The third-order valence-electron chi connectivity index (χ3n) is 7.80. The number of carbonyl (C=O) groups is 1. The number of rotatable bonds is 16. The number of fused-ring (bicyclic) bond motifs is 1. The summed E-state index contributed by atoms with van der Waals surface area (Å²) in [6.07, 6.45) is 3.86. The smallest absolute Gasteiger partial charge is 0.337 e. The molecule has 0 radical (unpaired) electrons. The van der Waals surface area contributed by atoms with Gasteiger partial charge in [0.05, 0.1) is 49.2 Å². The number of nitrogens with zero attached hydrogens (tertiary/aromatic N) is 3. The molecule has 0 aliphatic carbocycles. The van der Waals surface area contributed by atoms with Crippen LogP contribution in [0.3, 0.4) is 0 Å². The van der Waals surface area contributed by atoms with E-state index in [1.165, 1.54) is 7.11 Å². The molecule has 0 amide bonds. The lowest BCUT2D eigenvalue weighted by molar-refractivity contribution is 0.0359. The first kappa shape index (κ1) is 33.6. The number of imidazole rings is 1. The van der Waals surface area contributed by atoms with Crippen LogP contribution in [0.15, 0.2) is 41.2 Å². The molecule has 1 aliphatic heterocycles. The van der Waals surface area contributed by atoms with Crippen LogP contribution in [0.5, 0.6) is 5.75 Å². The SMILES string of the molecule is CCCCOc1cc(NC(C)(C)C)c2[nH]c(=O)n(CCCN(CCCN3CCOCC3)Cc3cccc(C(=O)OC)c3)c2c1. The van der Waals surface area contributed by atoms with Crippen LogP contribution in [0.4, 0.5) is 5.69 Å². The summed E-state index contributed by atoms with van der Waals surface area (Å²) < 4.78 is 18.4. The van der Waals surface area contributed by atoms with Gasteiger partial charge in [0.25, 0.3) is 0 Å². The summed E-state index contributed by atoms with van der Waals surface area (Å²) >= 11 is 0. The number of aromatic amines is 1. The van der Waals surface area contributed by atoms with Gasteiger partial charge in [0.2, 0.25) is 0 Å².